The highest BCUT2D eigenvalue weighted by Crippen LogP contribution is 2.51. The van der Waals surface area contributed by atoms with Gasteiger partial charge in [0.05, 0.1) is 5.92 Å². The highest BCUT2D eigenvalue weighted by atomic mass is 16.4. The van der Waals surface area contributed by atoms with E-state index in [-0.39, 0.29) is 11.7 Å². The molecule has 1 saturated carbocycles. The third-order valence-electron chi connectivity index (χ3n) is 3.87. The van der Waals surface area contributed by atoms with Crippen molar-refractivity contribution in [3.05, 3.63) is 29.8 Å². The van der Waals surface area contributed by atoms with Gasteiger partial charge in [-0.15, -0.1) is 0 Å². The smallest absolute Gasteiger partial charge is 0.307 e. The summed E-state index contributed by atoms with van der Waals surface area (Å²) >= 11 is 0. The van der Waals surface area contributed by atoms with Gasteiger partial charge < -0.3 is 10.2 Å². The number of fused-ring (bicyclic) bond motifs is 1. The standard InChI is InChI=1S/C13H15NO3/c15-9-3-1-2-8(4-9)5-14-6-10-11(7-14)12(10)13(16)17/h1-4,10-12,15H,5-7H2,(H,16,17). The number of carboxylic acids is 1. The van der Waals surface area contributed by atoms with E-state index >= 15 is 0 Å². The maximum Gasteiger partial charge on any atom is 0.307 e. The van der Waals surface area contributed by atoms with Crippen LogP contribution in [-0.2, 0) is 11.3 Å². The first kappa shape index (κ1) is 10.6. The second kappa shape index (κ2) is 3.74. The van der Waals surface area contributed by atoms with Crippen molar-refractivity contribution in [3.63, 3.8) is 0 Å². The summed E-state index contributed by atoms with van der Waals surface area (Å²) in [5.74, 6) is 0.248. The zero-order valence-electron chi connectivity index (χ0n) is 9.41. The zero-order valence-corrected chi connectivity index (χ0v) is 9.41. The van der Waals surface area contributed by atoms with E-state index in [0.29, 0.717) is 11.8 Å². The van der Waals surface area contributed by atoms with Crippen LogP contribution in [0.1, 0.15) is 5.56 Å². The van der Waals surface area contributed by atoms with E-state index in [0.717, 1.165) is 25.2 Å². The minimum absolute atomic E-state index is 0.101. The molecule has 1 aromatic rings. The summed E-state index contributed by atoms with van der Waals surface area (Å²) in [4.78, 5) is 13.1. The molecule has 0 radical (unpaired) electrons. The minimum Gasteiger partial charge on any atom is -0.508 e. The average molecular weight is 233 g/mol. The second-order valence-electron chi connectivity index (χ2n) is 5.06. The molecule has 0 spiro atoms. The summed E-state index contributed by atoms with van der Waals surface area (Å²) in [5, 5.41) is 18.3. The van der Waals surface area contributed by atoms with Gasteiger partial charge in [-0.2, -0.15) is 0 Å². The van der Waals surface area contributed by atoms with Crippen molar-refractivity contribution in [3.8, 4) is 5.75 Å². The molecule has 3 rings (SSSR count). The van der Waals surface area contributed by atoms with Crippen molar-refractivity contribution >= 4 is 5.97 Å². The van der Waals surface area contributed by atoms with Crippen LogP contribution in [0.3, 0.4) is 0 Å². The molecule has 2 aliphatic rings. The van der Waals surface area contributed by atoms with Gasteiger partial charge in [0.2, 0.25) is 0 Å². The van der Waals surface area contributed by atoms with Gasteiger partial charge in [-0.3, -0.25) is 9.69 Å². The van der Waals surface area contributed by atoms with Crippen LogP contribution >= 0.6 is 0 Å². The van der Waals surface area contributed by atoms with Crippen molar-refractivity contribution < 1.29 is 15.0 Å². The van der Waals surface area contributed by atoms with Gasteiger partial charge in [0.15, 0.2) is 0 Å². The molecule has 1 aromatic carbocycles. The molecule has 1 heterocycles. The molecule has 1 aliphatic heterocycles. The lowest BCUT2D eigenvalue weighted by Gasteiger charge is -2.18. The maximum atomic E-state index is 10.8. The molecule has 1 saturated heterocycles. The Morgan fingerprint density at radius 3 is 2.65 bits per heavy atom. The van der Waals surface area contributed by atoms with Crippen LogP contribution < -0.4 is 0 Å². The Kier molecular flexibility index (Phi) is 2.33. The van der Waals surface area contributed by atoms with Gasteiger partial charge in [0, 0.05) is 19.6 Å². The lowest BCUT2D eigenvalue weighted by molar-refractivity contribution is -0.139. The van der Waals surface area contributed by atoms with E-state index in [1.807, 2.05) is 12.1 Å². The summed E-state index contributed by atoms with van der Waals surface area (Å²) in [6.07, 6.45) is 0. The Balaban J connectivity index is 1.58. The summed E-state index contributed by atoms with van der Waals surface area (Å²) in [5.41, 5.74) is 1.08. The number of carbonyl (C=O) groups is 1. The van der Waals surface area contributed by atoms with Gasteiger partial charge in [-0.1, -0.05) is 12.1 Å². The topological polar surface area (TPSA) is 60.8 Å². The number of likely N-dealkylation sites (tertiary alicyclic amines) is 1. The molecule has 2 N–H and O–H groups in total. The molecule has 0 amide bonds. The van der Waals surface area contributed by atoms with Crippen LogP contribution in [0.25, 0.3) is 0 Å². The predicted molar refractivity (Wildman–Crippen MR) is 61.5 cm³/mol. The number of aromatic hydroxyl groups is 1. The molecule has 0 aromatic heterocycles. The minimum atomic E-state index is -0.642. The maximum absolute atomic E-state index is 10.8. The molecule has 2 unspecified atom stereocenters. The SMILES string of the molecule is O=C(O)C1C2CN(Cc3cccc(O)c3)CC21. The molecule has 2 fully saturated rings. The van der Waals surface area contributed by atoms with E-state index in [1.54, 1.807) is 12.1 Å². The highest BCUT2D eigenvalue weighted by molar-refractivity contribution is 5.74. The van der Waals surface area contributed by atoms with E-state index in [1.165, 1.54) is 0 Å². The first-order valence-corrected chi connectivity index (χ1v) is 5.88. The molecule has 4 nitrogen and oxygen atoms in total. The van der Waals surface area contributed by atoms with Crippen molar-refractivity contribution in [2.45, 2.75) is 6.54 Å². The number of carboxylic acid groups (broad SMARTS) is 1. The van der Waals surface area contributed by atoms with Crippen LogP contribution in [0, 0.1) is 17.8 Å². The molecule has 2 atom stereocenters. The monoisotopic (exact) mass is 233 g/mol. The van der Waals surface area contributed by atoms with E-state index < -0.39 is 5.97 Å². The van der Waals surface area contributed by atoms with Crippen LogP contribution in [-0.4, -0.2) is 34.2 Å². The van der Waals surface area contributed by atoms with Gasteiger partial charge >= 0.3 is 5.97 Å². The average Bonchev–Trinajstić information content (AvgIpc) is 2.77. The van der Waals surface area contributed by atoms with Gasteiger partial charge in [0.25, 0.3) is 0 Å². The fourth-order valence-electron chi connectivity index (χ4n) is 3.02. The fraction of sp³-hybridized carbons (Fsp3) is 0.462. The summed E-state index contributed by atoms with van der Waals surface area (Å²) in [6, 6.07) is 7.24. The van der Waals surface area contributed by atoms with Crippen molar-refractivity contribution in [1.29, 1.82) is 0 Å². The third-order valence-corrected chi connectivity index (χ3v) is 3.87. The molecule has 0 bridgehead atoms. The molecule has 90 valence electrons. The molecule has 17 heavy (non-hydrogen) atoms. The number of aliphatic carboxylic acids is 1. The van der Waals surface area contributed by atoms with Gasteiger partial charge in [0.1, 0.15) is 5.75 Å². The lowest BCUT2D eigenvalue weighted by Crippen LogP contribution is -2.25. The Hall–Kier alpha value is -1.55. The zero-order chi connectivity index (χ0) is 12.0. The number of nitrogens with zero attached hydrogens (tertiary/aromatic N) is 1. The predicted octanol–water partition coefficient (Wildman–Crippen LogP) is 1.15. The highest BCUT2D eigenvalue weighted by Gasteiger charge is 2.59. The molecule has 4 heteroatoms. The van der Waals surface area contributed by atoms with Crippen LogP contribution in [0.2, 0.25) is 0 Å². The summed E-state index contributed by atoms with van der Waals surface area (Å²) in [7, 11) is 0. The summed E-state index contributed by atoms with van der Waals surface area (Å²) < 4.78 is 0. The van der Waals surface area contributed by atoms with Crippen LogP contribution in [0.15, 0.2) is 24.3 Å². The van der Waals surface area contributed by atoms with Crippen molar-refractivity contribution in [2.24, 2.45) is 17.8 Å². The number of phenolic OH excluding ortho intramolecular Hbond substituents is 1. The fourth-order valence-corrected chi connectivity index (χ4v) is 3.02. The number of hydrogen-bond acceptors (Lipinski definition) is 3. The quantitative estimate of drug-likeness (QED) is 0.822. The van der Waals surface area contributed by atoms with Gasteiger partial charge in [-0.05, 0) is 29.5 Å². The molecule has 1 aliphatic carbocycles. The first-order chi connectivity index (χ1) is 8.15. The Labute approximate surface area is 99.5 Å². The number of hydrogen-bond donors (Lipinski definition) is 2. The normalized spacial score (nSPS) is 31.2. The van der Waals surface area contributed by atoms with E-state index in [9.17, 15) is 9.90 Å². The lowest BCUT2D eigenvalue weighted by atomic mass is 10.2. The largest absolute Gasteiger partial charge is 0.508 e. The van der Waals surface area contributed by atoms with Crippen LogP contribution in [0.4, 0.5) is 0 Å². The second-order valence-corrected chi connectivity index (χ2v) is 5.06. The first-order valence-electron chi connectivity index (χ1n) is 5.88. The number of piperidine rings is 1. The molecular formula is C13H15NO3. The Morgan fingerprint density at radius 1 is 1.35 bits per heavy atom. The van der Waals surface area contributed by atoms with E-state index in [4.69, 9.17) is 5.11 Å². The van der Waals surface area contributed by atoms with Crippen molar-refractivity contribution in [1.82, 2.24) is 4.90 Å². The molecular weight excluding hydrogens is 218 g/mol. The summed E-state index contributed by atoms with van der Waals surface area (Å²) in [6.45, 7) is 2.54. The number of benzene rings is 1. The number of phenols is 1. The van der Waals surface area contributed by atoms with Crippen molar-refractivity contribution in [2.75, 3.05) is 13.1 Å². The van der Waals surface area contributed by atoms with Gasteiger partial charge in [-0.25, -0.2) is 0 Å². The third kappa shape index (κ3) is 1.89. The Morgan fingerprint density at radius 2 is 2.06 bits per heavy atom. The number of rotatable bonds is 3. The van der Waals surface area contributed by atoms with Crippen LogP contribution in [0.5, 0.6) is 5.75 Å². The van der Waals surface area contributed by atoms with E-state index in [2.05, 4.69) is 4.90 Å². The Bertz CT molecular complexity index is 448.